The summed E-state index contributed by atoms with van der Waals surface area (Å²) in [5.74, 6) is 5.35. The largest absolute Gasteiger partial charge is 0.381 e. The molecule has 7 N–H and O–H groups in total. The number of hydrogen-bond acceptors (Lipinski definition) is 6. The minimum atomic E-state index is -1.23. The third-order valence-corrected chi connectivity index (χ3v) is 1.70. The van der Waals surface area contributed by atoms with Gasteiger partial charge in [-0.3, -0.25) is 4.79 Å². The molecule has 0 bridgehead atoms. The number of nitrogen functional groups attached to an aromatic ring is 1. The van der Waals surface area contributed by atoms with Crippen molar-refractivity contribution in [2.24, 2.45) is 11.6 Å². The highest BCUT2D eigenvalue weighted by Gasteiger charge is 2.09. The molecule has 1 aromatic rings. The Morgan fingerprint density at radius 1 is 1.53 bits per heavy atom. The molecule has 7 heteroatoms. The second kappa shape index (κ2) is 5.13. The molecule has 0 aliphatic carbocycles. The zero-order valence-corrected chi connectivity index (χ0v) is 7.97. The van der Waals surface area contributed by atoms with Gasteiger partial charge in [0.1, 0.15) is 17.7 Å². The lowest BCUT2D eigenvalue weighted by Gasteiger charge is -2.09. The zero-order chi connectivity index (χ0) is 11.3. The number of amides is 1. The van der Waals surface area contributed by atoms with Crippen molar-refractivity contribution in [2.75, 3.05) is 17.3 Å². The van der Waals surface area contributed by atoms with Crippen LogP contribution in [0, 0.1) is 0 Å². The number of hydrogen-bond donors (Lipinski definition) is 5. The summed E-state index contributed by atoms with van der Waals surface area (Å²) in [6.45, 7) is 0.0103. The molecule has 1 amide bonds. The van der Waals surface area contributed by atoms with Gasteiger partial charge in [-0.25, -0.2) is 10.8 Å². The maximum absolute atomic E-state index is 10.5. The van der Waals surface area contributed by atoms with Gasteiger partial charge < -0.3 is 21.6 Å². The molecule has 1 aromatic heterocycles. The van der Waals surface area contributed by atoms with Gasteiger partial charge in [-0.1, -0.05) is 6.07 Å². The molecule has 1 atom stereocenters. The molecule has 1 unspecified atom stereocenters. The molecule has 15 heavy (non-hydrogen) atoms. The summed E-state index contributed by atoms with van der Waals surface area (Å²) < 4.78 is 0. The van der Waals surface area contributed by atoms with Gasteiger partial charge in [-0.2, -0.15) is 0 Å². The summed E-state index contributed by atoms with van der Waals surface area (Å²) in [6, 6.07) is 5.07. The molecule has 7 nitrogen and oxygen atoms in total. The van der Waals surface area contributed by atoms with E-state index in [4.69, 9.17) is 16.7 Å². The highest BCUT2D eigenvalue weighted by molar-refractivity contribution is 5.79. The number of anilines is 2. The van der Waals surface area contributed by atoms with Crippen LogP contribution < -0.4 is 22.3 Å². The molecule has 0 aromatic carbocycles. The molecule has 0 aliphatic heterocycles. The fourth-order valence-electron chi connectivity index (χ4n) is 0.915. The van der Waals surface area contributed by atoms with Gasteiger partial charge in [0.05, 0.1) is 6.54 Å². The SMILES string of the molecule is NNc1cccc(NCC(O)C(N)=O)n1. The van der Waals surface area contributed by atoms with E-state index in [1.54, 1.807) is 18.2 Å². The Morgan fingerprint density at radius 2 is 2.20 bits per heavy atom. The van der Waals surface area contributed by atoms with Crippen LogP contribution in [0.5, 0.6) is 0 Å². The maximum atomic E-state index is 10.5. The molecule has 1 heterocycles. The Hall–Kier alpha value is -1.86. The van der Waals surface area contributed by atoms with Crippen molar-refractivity contribution in [3.05, 3.63) is 18.2 Å². The van der Waals surface area contributed by atoms with Crippen molar-refractivity contribution in [1.82, 2.24) is 4.98 Å². The van der Waals surface area contributed by atoms with Gasteiger partial charge >= 0.3 is 0 Å². The number of aliphatic hydroxyl groups is 1. The van der Waals surface area contributed by atoms with E-state index in [0.717, 1.165) is 0 Å². The highest BCUT2D eigenvalue weighted by Crippen LogP contribution is 2.07. The average Bonchev–Trinajstić information content (AvgIpc) is 2.26. The Morgan fingerprint density at radius 3 is 2.80 bits per heavy atom. The fraction of sp³-hybridized carbons (Fsp3) is 0.250. The van der Waals surface area contributed by atoms with Crippen LogP contribution in [0.2, 0.25) is 0 Å². The number of hydrazine groups is 1. The lowest BCUT2D eigenvalue weighted by Crippen LogP contribution is -2.34. The van der Waals surface area contributed by atoms with Crippen LogP contribution >= 0.6 is 0 Å². The van der Waals surface area contributed by atoms with E-state index in [1.165, 1.54) is 0 Å². The van der Waals surface area contributed by atoms with Crippen LogP contribution in [0.15, 0.2) is 18.2 Å². The second-order valence-corrected chi connectivity index (χ2v) is 2.85. The number of nitrogens with one attached hydrogen (secondary N) is 2. The third kappa shape index (κ3) is 3.41. The number of nitrogens with two attached hydrogens (primary N) is 2. The van der Waals surface area contributed by atoms with Gasteiger partial charge in [-0.15, -0.1) is 0 Å². The Bertz CT molecular complexity index is 344. The average molecular weight is 211 g/mol. The van der Waals surface area contributed by atoms with E-state index in [2.05, 4.69) is 15.7 Å². The summed E-state index contributed by atoms with van der Waals surface area (Å²) in [4.78, 5) is 14.5. The van der Waals surface area contributed by atoms with E-state index >= 15 is 0 Å². The van der Waals surface area contributed by atoms with Crippen LogP contribution in [-0.2, 0) is 4.79 Å². The van der Waals surface area contributed by atoms with E-state index in [1.807, 2.05) is 0 Å². The maximum Gasteiger partial charge on any atom is 0.248 e. The van der Waals surface area contributed by atoms with Crippen LogP contribution in [0.4, 0.5) is 11.6 Å². The number of carbonyl (C=O) groups excluding carboxylic acids is 1. The Balaban J connectivity index is 2.53. The lowest BCUT2D eigenvalue weighted by molar-refractivity contribution is -0.125. The van der Waals surface area contributed by atoms with Crippen LogP contribution in [-0.4, -0.2) is 28.6 Å². The zero-order valence-electron chi connectivity index (χ0n) is 7.97. The van der Waals surface area contributed by atoms with Crippen LogP contribution in [0.3, 0.4) is 0 Å². The monoisotopic (exact) mass is 211 g/mol. The first-order chi connectivity index (χ1) is 7.13. The highest BCUT2D eigenvalue weighted by atomic mass is 16.3. The summed E-state index contributed by atoms with van der Waals surface area (Å²) in [5, 5.41) is 11.9. The molecule has 1 rings (SSSR count). The molecular formula is C8H13N5O2. The first-order valence-electron chi connectivity index (χ1n) is 4.28. The van der Waals surface area contributed by atoms with Crippen molar-refractivity contribution in [3.63, 3.8) is 0 Å². The van der Waals surface area contributed by atoms with Gasteiger partial charge in [0.25, 0.3) is 0 Å². The first-order valence-corrected chi connectivity index (χ1v) is 4.28. The van der Waals surface area contributed by atoms with E-state index in [0.29, 0.717) is 11.6 Å². The number of aromatic nitrogens is 1. The smallest absolute Gasteiger partial charge is 0.248 e. The quantitative estimate of drug-likeness (QED) is 0.302. The minimum absolute atomic E-state index is 0.0103. The molecule has 0 saturated heterocycles. The molecule has 0 radical (unpaired) electrons. The van der Waals surface area contributed by atoms with Gasteiger partial charge in [-0.05, 0) is 12.1 Å². The first kappa shape index (κ1) is 11.2. The summed E-state index contributed by atoms with van der Waals surface area (Å²) in [6.07, 6.45) is -1.23. The number of rotatable bonds is 5. The van der Waals surface area contributed by atoms with Gasteiger partial charge in [0.2, 0.25) is 5.91 Å². The van der Waals surface area contributed by atoms with Crippen molar-refractivity contribution in [1.29, 1.82) is 0 Å². The number of nitrogens with zero attached hydrogens (tertiary/aromatic N) is 1. The third-order valence-electron chi connectivity index (χ3n) is 1.70. The summed E-state index contributed by atoms with van der Waals surface area (Å²) >= 11 is 0. The lowest BCUT2D eigenvalue weighted by atomic mass is 10.3. The predicted molar refractivity (Wildman–Crippen MR) is 55.7 cm³/mol. The molecule has 0 fully saturated rings. The van der Waals surface area contributed by atoms with Crippen LogP contribution in [0.25, 0.3) is 0 Å². The Labute approximate surface area is 86.5 Å². The van der Waals surface area contributed by atoms with E-state index < -0.39 is 12.0 Å². The second-order valence-electron chi connectivity index (χ2n) is 2.85. The van der Waals surface area contributed by atoms with Crippen molar-refractivity contribution < 1.29 is 9.90 Å². The predicted octanol–water partition coefficient (Wildman–Crippen LogP) is -1.37. The topological polar surface area (TPSA) is 126 Å². The van der Waals surface area contributed by atoms with E-state index in [-0.39, 0.29) is 6.54 Å². The molecule has 82 valence electrons. The standard InChI is InChI=1S/C8H13N5O2/c9-8(15)5(14)4-11-6-2-1-3-7(12-6)13-10/h1-3,5,14H,4,10H2,(H2,9,15)(H2,11,12,13). The van der Waals surface area contributed by atoms with Crippen LogP contribution in [0.1, 0.15) is 0 Å². The fourth-order valence-corrected chi connectivity index (χ4v) is 0.915. The molecular weight excluding hydrogens is 198 g/mol. The van der Waals surface area contributed by atoms with Gasteiger partial charge in [0.15, 0.2) is 0 Å². The summed E-state index contributed by atoms with van der Waals surface area (Å²) in [7, 11) is 0. The number of aliphatic hydroxyl groups excluding tert-OH is 1. The molecule has 0 saturated carbocycles. The normalized spacial score (nSPS) is 11.9. The molecule has 0 aliphatic rings. The van der Waals surface area contributed by atoms with E-state index in [9.17, 15) is 4.79 Å². The molecule has 0 spiro atoms. The number of carbonyl (C=O) groups is 1. The Kier molecular flexibility index (Phi) is 3.83. The minimum Gasteiger partial charge on any atom is -0.381 e. The summed E-state index contributed by atoms with van der Waals surface area (Å²) in [5.41, 5.74) is 7.25. The van der Waals surface area contributed by atoms with Crippen molar-refractivity contribution >= 4 is 17.5 Å². The van der Waals surface area contributed by atoms with Gasteiger partial charge in [0, 0.05) is 0 Å². The number of primary amides is 1. The van der Waals surface area contributed by atoms with Crippen molar-refractivity contribution in [3.8, 4) is 0 Å². The van der Waals surface area contributed by atoms with Crippen molar-refractivity contribution in [2.45, 2.75) is 6.10 Å². The number of pyridine rings is 1.